The zero-order valence-corrected chi connectivity index (χ0v) is 10.3. The first-order chi connectivity index (χ1) is 8.16. The van der Waals surface area contributed by atoms with Crippen molar-refractivity contribution in [1.29, 1.82) is 0 Å². The second-order valence-electron chi connectivity index (χ2n) is 3.74. The van der Waals surface area contributed by atoms with Crippen LogP contribution < -0.4 is 11.1 Å². The monoisotopic (exact) mass is 250 g/mol. The van der Waals surface area contributed by atoms with E-state index in [4.69, 9.17) is 5.73 Å². The Hall–Kier alpha value is -1.66. The number of nitrogens with zero attached hydrogens (tertiary/aromatic N) is 1. The molecule has 0 saturated heterocycles. The van der Waals surface area contributed by atoms with E-state index in [2.05, 4.69) is 15.3 Å². The second-order valence-corrected chi connectivity index (χ2v) is 4.74. The molecule has 2 rings (SSSR count). The van der Waals surface area contributed by atoms with E-state index in [9.17, 15) is 4.79 Å². The van der Waals surface area contributed by atoms with Crippen LogP contribution in [0.5, 0.6) is 0 Å². The molecule has 0 saturated carbocycles. The van der Waals surface area contributed by atoms with E-state index in [0.717, 1.165) is 10.7 Å². The highest BCUT2D eigenvalue weighted by molar-refractivity contribution is 7.10. The Morgan fingerprint density at radius 1 is 1.71 bits per heavy atom. The lowest BCUT2D eigenvalue weighted by Gasteiger charge is -2.09. The Labute approximate surface area is 103 Å². The van der Waals surface area contributed by atoms with Gasteiger partial charge in [0.2, 0.25) is 5.91 Å². The van der Waals surface area contributed by atoms with Gasteiger partial charge in [-0.2, -0.15) is 0 Å². The van der Waals surface area contributed by atoms with Crippen molar-refractivity contribution < 1.29 is 4.79 Å². The summed E-state index contributed by atoms with van der Waals surface area (Å²) in [6.07, 6.45) is 3.52. The molecule has 2 aromatic rings. The number of amides is 1. The van der Waals surface area contributed by atoms with Gasteiger partial charge < -0.3 is 16.0 Å². The fourth-order valence-corrected chi connectivity index (χ4v) is 2.29. The predicted octanol–water partition coefficient (Wildman–Crippen LogP) is 1.42. The van der Waals surface area contributed by atoms with Crippen molar-refractivity contribution in [2.45, 2.75) is 19.5 Å². The molecular weight excluding hydrogens is 236 g/mol. The largest absolute Gasteiger partial charge is 0.366 e. The molecule has 90 valence electrons. The summed E-state index contributed by atoms with van der Waals surface area (Å²) < 4.78 is 0. The lowest BCUT2D eigenvalue weighted by Crippen LogP contribution is -2.18. The summed E-state index contributed by atoms with van der Waals surface area (Å²) in [5, 5.41) is 5.09. The number of carbonyl (C=O) groups is 1. The fourth-order valence-electron chi connectivity index (χ4n) is 1.47. The summed E-state index contributed by atoms with van der Waals surface area (Å²) in [5.74, 6) is 0.517. The Balaban J connectivity index is 1.91. The average molecular weight is 250 g/mol. The van der Waals surface area contributed by atoms with E-state index in [0.29, 0.717) is 12.1 Å². The highest BCUT2D eigenvalue weighted by atomic mass is 32.1. The molecule has 0 bridgehead atoms. The van der Waals surface area contributed by atoms with E-state index in [1.54, 1.807) is 17.8 Å². The summed E-state index contributed by atoms with van der Waals surface area (Å²) in [5.41, 5.74) is 5.76. The number of imidazole rings is 1. The van der Waals surface area contributed by atoms with Gasteiger partial charge in [-0.3, -0.25) is 4.79 Å². The third-order valence-electron chi connectivity index (χ3n) is 2.45. The zero-order chi connectivity index (χ0) is 12.3. The molecule has 1 unspecified atom stereocenters. The molecule has 1 amide bonds. The van der Waals surface area contributed by atoms with Crippen molar-refractivity contribution in [2.75, 3.05) is 0 Å². The minimum absolute atomic E-state index is 0.143. The van der Waals surface area contributed by atoms with Crippen LogP contribution in [0.2, 0.25) is 0 Å². The summed E-state index contributed by atoms with van der Waals surface area (Å²) >= 11 is 1.52. The summed E-state index contributed by atoms with van der Waals surface area (Å²) in [4.78, 5) is 19.2. The number of thiophene rings is 1. The molecule has 5 nitrogen and oxygen atoms in total. The van der Waals surface area contributed by atoms with Crippen LogP contribution in [0.15, 0.2) is 23.8 Å². The van der Waals surface area contributed by atoms with E-state index in [1.807, 2.05) is 13.0 Å². The van der Waals surface area contributed by atoms with E-state index < -0.39 is 0 Å². The van der Waals surface area contributed by atoms with Crippen molar-refractivity contribution in [3.05, 3.63) is 40.1 Å². The van der Waals surface area contributed by atoms with Crippen molar-refractivity contribution in [3.63, 3.8) is 0 Å². The number of nitrogens with one attached hydrogen (secondary N) is 2. The maximum absolute atomic E-state index is 10.9. The number of hydrogen-bond donors (Lipinski definition) is 3. The molecule has 1 atom stereocenters. The lowest BCUT2D eigenvalue weighted by atomic mass is 10.3. The molecule has 0 aromatic carbocycles. The minimum Gasteiger partial charge on any atom is -0.366 e. The second kappa shape index (κ2) is 5.11. The first kappa shape index (κ1) is 11.8. The maximum atomic E-state index is 10.9. The molecular formula is C11H14N4OS. The third-order valence-corrected chi connectivity index (χ3v) is 3.39. The van der Waals surface area contributed by atoms with Gasteiger partial charge in [-0.1, -0.05) is 0 Å². The number of rotatable bonds is 5. The van der Waals surface area contributed by atoms with Gasteiger partial charge in [-0.25, -0.2) is 4.98 Å². The van der Waals surface area contributed by atoms with Crippen LogP contribution >= 0.6 is 11.3 Å². The number of H-pyrrole nitrogens is 1. The van der Waals surface area contributed by atoms with Gasteiger partial charge in [0.05, 0.1) is 11.6 Å². The van der Waals surface area contributed by atoms with Gasteiger partial charge in [0.15, 0.2) is 0 Å². The third kappa shape index (κ3) is 2.92. The van der Waals surface area contributed by atoms with Crippen LogP contribution in [-0.2, 0) is 6.54 Å². The van der Waals surface area contributed by atoms with Gasteiger partial charge >= 0.3 is 0 Å². The molecule has 4 N–H and O–H groups in total. The SMILES string of the molecule is CC(NCc1cc(C(N)=O)cs1)c1ncc[nH]1. The standard InChI is InChI=1S/C11H14N4OS/c1-7(11-13-2-3-14-11)15-5-9-4-8(6-17-9)10(12)16/h2-4,6-7,15H,5H2,1H3,(H2,12,16)(H,13,14). The van der Waals surface area contributed by atoms with Crippen molar-refractivity contribution >= 4 is 17.2 Å². The summed E-state index contributed by atoms with van der Waals surface area (Å²) in [7, 11) is 0. The molecule has 6 heteroatoms. The van der Waals surface area contributed by atoms with Gasteiger partial charge in [0, 0.05) is 29.2 Å². The molecule has 2 aromatic heterocycles. The molecule has 0 fully saturated rings. The number of aromatic nitrogens is 2. The fraction of sp³-hybridized carbons (Fsp3) is 0.273. The zero-order valence-electron chi connectivity index (χ0n) is 9.43. The lowest BCUT2D eigenvalue weighted by molar-refractivity contribution is 0.100. The number of aromatic amines is 1. The van der Waals surface area contributed by atoms with Crippen LogP contribution in [0.4, 0.5) is 0 Å². The van der Waals surface area contributed by atoms with Crippen molar-refractivity contribution in [3.8, 4) is 0 Å². The number of nitrogens with two attached hydrogens (primary N) is 1. The maximum Gasteiger partial charge on any atom is 0.249 e. The first-order valence-electron chi connectivity index (χ1n) is 5.26. The van der Waals surface area contributed by atoms with Crippen LogP contribution in [0.3, 0.4) is 0 Å². The quantitative estimate of drug-likeness (QED) is 0.750. The Bertz CT molecular complexity index is 491. The van der Waals surface area contributed by atoms with Gasteiger partial charge in [0.1, 0.15) is 5.82 Å². The Morgan fingerprint density at radius 3 is 3.12 bits per heavy atom. The van der Waals surface area contributed by atoms with E-state index in [1.165, 1.54) is 11.3 Å². The van der Waals surface area contributed by atoms with E-state index in [-0.39, 0.29) is 11.9 Å². The number of primary amides is 1. The van der Waals surface area contributed by atoms with Crippen LogP contribution in [-0.4, -0.2) is 15.9 Å². The average Bonchev–Trinajstić information content (AvgIpc) is 2.97. The van der Waals surface area contributed by atoms with Gasteiger partial charge in [-0.05, 0) is 13.0 Å². The van der Waals surface area contributed by atoms with Crippen LogP contribution in [0.25, 0.3) is 0 Å². The highest BCUT2D eigenvalue weighted by Gasteiger charge is 2.08. The normalized spacial score (nSPS) is 12.5. The Morgan fingerprint density at radius 2 is 2.53 bits per heavy atom. The first-order valence-corrected chi connectivity index (χ1v) is 6.14. The smallest absolute Gasteiger partial charge is 0.249 e. The minimum atomic E-state index is -0.383. The molecule has 0 aliphatic rings. The summed E-state index contributed by atoms with van der Waals surface area (Å²) in [6.45, 7) is 2.72. The number of carbonyl (C=O) groups excluding carboxylic acids is 1. The van der Waals surface area contributed by atoms with E-state index >= 15 is 0 Å². The number of hydrogen-bond acceptors (Lipinski definition) is 4. The van der Waals surface area contributed by atoms with Crippen molar-refractivity contribution in [1.82, 2.24) is 15.3 Å². The molecule has 0 aliphatic carbocycles. The topological polar surface area (TPSA) is 83.8 Å². The molecule has 17 heavy (non-hydrogen) atoms. The predicted molar refractivity (Wildman–Crippen MR) is 66.7 cm³/mol. The Kier molecular flexibility index (Phi) is 3.55. The van der Waals surface area contributed by atoms with Crippen molar-refractivity contribution in [2.24, 2.45) is 5.73 Å². The molecule has 0 aliphatic heterocycles. The van der Waals surface area contributed by atoms with Crippen LogP contribution in [0.1, 0.15) is 34.0 Å². The molecule has 0 spiro atoms. The van der Waals surface area contributed by atoms with Crippen LogP contribution in [0, 0.1) is 0 Å². The summed E-state index contributed by atoms with van der Waals surface area (Å²) in [6, 6.07) is 1.96. The molecule has 2 heterocycles. The highest BCUT2D eigenvalue weighted by Crippen LogP contribution is 2.15. The van der Waals surface area contributed by atoms with Gasteiger partial charge in [0.25, 0.3) is 0 Å². The van der Waals surface area contributed by atoms with Gasteiger partial charge in [-0.15, -0.1) is 11.3 Å². The molecule has 0 radical (unpaired) electrons.